The van der Waals surface area contributed by atoms with Gasteiger partial charge in [0.1, 0.15) is 0 Å². The highest BCUT2D eigenvalue weighted by Gasteiger charge is 2.50. The van der Waals surface area contributed by atoms with Crippen LogP contribution in [0, 0.1) is 0 Å². The van der Waals surface area contributed by atoms with E-state index >= 15 is 0 Å². The van der Waals surface area contributed by atoms with Gasteiger partial charge in [-0.1, -0.05) is 48.5 Å². The number of fused-ring (bicyclic) bond motifs is 3. The second kappa shape index (κ2) is 6.65. The molecular weight excluding hydrogens is 378 g/mol. The normalized spacial score (nSPS) is 26.9. The lowest BCUT2D eigenvalue weighted by Crippen LogP contribution is -2.50. The molecule has 0 aliphatic carbocycles. The third kappa shape index (κ3) is 2.71. The average Bonchev–Trinajstić information content (AvgIpc) is 3.20. The van der Waals surface area contributed by atoms with Crippen LogP contribution in [0.3, 0.4) is 0 Å². The molecule has 4 aliphatic heterocycles. The predicted octanol–water partition coefficient (Wildman–Crippen LogP) is 2.51. The lowest BCUT2D eigenvalue weighted by atomic mass is 9.84. The summed E-state index contributed by atoms with van der Waals surface area (Å²) in [7, 11) is 0. The molecule has 2 aromatic carbocycles. The number of likely N-dealkylation sites (tertiary alicyclic amines) is 1. The van der Waals surface area contributed by atoms with Gasteiger partial charge in [-0.15, -0.1) is 0 Å². The zero-order chi connectivity index (χ0) is 20.2. The van der Waals surface area contributed by atoms with E-state index < -0.39 is 5.60 Å². The quantitative estimate of drug-likeness (QED) is 0.732. The van der Waals surface area contributed by atoms with Crippen LogP contribution in [0.5, 0.6) is 0 Å². The van der Waals surface area contributed by atoms with Crippen LogP contribution in [0.15, 0.2) is 53.5 Å². The van der Waals surface area contributed by atoms with Crippen molar-refractivity contribution in [3.05, 3.63) is 70.8 Å². The monoisotopic (exact) mass is 403 g/mol. The first-order chi connectivity index (χ1) is 14.7. The maximum Gasteiger partial charge on any atom is 0.296 e. The van der Waals surface area contributed by atoms with Crippen LogP contribution in [-0.2, 0) is 39.4 Å². The van der Waals surface area contributed by atoms with Gasteiger partial charge in [0.05, 0.1) is 12.2 Å². The minimum atomic E-state index is -0.937. The Hall–Kier alpha value is -2.70. The number of aliphatic imine (C=N–C) groups is 1. The Morgan fingerprint density at radius 3 is 2.50 bits per heavy atom. The predicted molar refractivity (Wildman–Crippen MR) is 112 cm³/mol. The topological polar surface area (TPSA) is 63.2 Å². The van der Waals surface area contributed by atoms with Crippen molar-refractivity contribution in [1.82, 2.24) is 10.2 Å². The first-order valence-electron chi connectivity index (χ1n) is 10.7. The Balaban J connectivity index is 1.19. The minimum absolute atomic E-state index is 0.176. The number of benzene rings is 2. The molecule has 0 radical (unpaired) electrons. The van der Waals surface area contributed by atoms with E-state index in [1.807, 2.05) is 12.1 Å². The summed E-state index contributed by atoms with van der Waals surface area (Å²) < 4.78 is 12.6. The highest BCUT2D eigenvalue weighted by Crippen LogP contribution is 2.44. The number of carbonyl (C=O) groups excluding carboxylic acids is 1. The fraction of sp³-hybridized carbons (Fsp3) is 0.417. The molecule has 1 N–H and O–H groups in total. The van der Waals surface area contributed by atoms with Gasteiger partial charge in [-0.3, -0.25) is 4.79 Å². The van der Waals surface area contributed by atoms with Gasteiger partial charge in [-0.2, -0.15) is 4.99 Å². The van der Waals surface area contributed by atoms with Crippen LogP contribution in [0.2, 0.25) is 0 Å². The summed E-state index contributed by atoms with van der Waals surface area (Å²) in [5.41, 5.74) is 3.83. The molecule has 0 bridgehead atoms. The summed E-state index contributed by atoms with van der Waals surface area (Å²) in [6, 6.07) is 17.2. The van der Waals surface area contributed by atoms with Crippen molar-refractivity contribution in [3.8, 4) is 0 Å². The van der Waals surface area contributed by atoms with E-state index in [0.29, 0.717) is 25.6 Å². The third-order valence-corrected chi connectivity index (χ3v) is 7.05. The molecule has 154 valence electrons. The van der Waals surface area contributed by atoms with Crippen molar-refractivity contribution < 1.29 is 14.3 Å². The van der Waals surface area contributed by atoms with Crippen molar-refractivity contribution >= 4 is 11.9 Å². The molecule has 2 spiro atoms. The molecule has 4 aliphatic rings. The standard InChI is InChI=1S/C24H25N3O3/c28-21-24(13-17-5-1-2-6-18(17)14-25-16-24)30-22(26-21)27-11-9-23(10-12-27)20-8-4-3-7-19(20)15-29-23/h1-8,25H,9-16H2. The lowest BCUT2D eigenvalue weighted by molar-refractivity contribution is -0.130. The molecule has 6 nitrogen and oxygen atoms in total. The number of nitrogens with one attached hydrogen (secondary N) is 1. The molecule has 4 heterocycles. The fourth-order valence-corrected chi connectivity index (χ4v) is 5.32. The van der Waals surface area contributed by atoms with Gasteiger partial charge in [0.2, 0.25) is 5.60 Å². The molecule has 2 aromatic rings. The van der Waals surface area contributed by atoms with E-state index in [4.69, 9.17) is 9.47 Å². The molecule has 1 saturated heterocycles. The number of piperidine rings is 1. The Kier molecular flexibility index (Phi) is 4.01. The van der Waals surface area contributed by atoms with Crippen molar-refractivity contribution in [3.63, 3.8) is 0 Å². The SMILES string of the molecule is O=C1N=C(N2CCC3(CC2)OCc2ccccc23)OC12CNCc1ccccc1C2. The summed E-state index contributed by atoms with van der Waals surface area (Å²) in [5, 5.41) is 3.38. The second-order valence-electron chi connectivity index (χ2n) is 8.77. The largest absolute Gasteiger partial charge is 0.446 e. The highest BCUT2D eigenvalue weighted by molar-refractivity contribution is 6.01. The third-order valence-electron chi connectivity index (χ3n) is 7.05. The Morgan fingerprint density at radius 2 is 1.67 bits per heavy atom. The fourth-order valence-electron chi connectivity index (χ4n) is 5.32. The molecule has 1 atom stereocenters. The van der Waals surface area contributed by atoms with Crippen LogP contribution < -0.4 is 5.32 Å². The molecule has 0 aromatic heterocycles. The number of rotatable bonds is 0. The second-order valence-corrected chi connectivity index (χ2v) is 8.77. The smallest absolute Gasteiger partial charge is 0.296 e. The number of hydrogen-bond donors (Lipinski definition) is 1. The van der Waals surface area contributed by atoms with Crippen LogP contribution in [0.25, 0.3) is 0 Å². The maximum absolute atomic E-state index is 13.0. The molecule has 1 unspecified atom stereocenters. The van der Waals surface area contributed by atoms with E-state index in [0.717, 1.165) is 38.0 Å². The zero-order valence-corrected chi connectivity index (χ0v) is 16.9. The highest BCUT2D eigenvalue weighted by atomic mass is 16.5. The molecule has 6 rings (SSSR count). The lowest BCUT2D eigenvalue weighted by Gasteiger charge is -2.40. The Labute approximate surface area is 175 Å². The van der Waals surface area contributed by atoms with Gasteiger partial charge in [0.15, 0.2) is 0 Å². The van der Waals surface area contributed by atoms with E-state index in [1.54, 1.807) is 0 Å². The van der Waals surface area contributed by atoms with Crippen molar-refractivity contribution in [2.45, 2.75) is 43.6 Å². The van der Waals surface area contributed by atoms with Crippen LogP contribution in [0.1, 0.15) is 35.1 Å². The van der Waals surface area contributed by atoms with Gasteiger partial charge < -0.3 is 19.7 Å². The molecule has 30 heavy (non-hydrogen) atoms. The Morgan fingerprint density at radius 1 is 0.933 bits per heavy atom. The molecule has 1 amide bonds. The molecule has 1 fully saturated rings. The zero-order valence-electron chi connectivity index (χ0n) is 16.9. The number of amidine groups is 1. The van der Waals surface area contributed by atoms with Gasteiger partial charge in [-0.25, -0.2) is 0 Å². The number of hydrogen-bond acceptors (Lipinski definition) is 5. The number of carbonyl (C=O) groups is 1. The molecule has 0 saturated carbocycles. The minimum Gasteiger partial charge on any atom is -0.446 e. The van der Waals surface area contributed by atoms with Gasteiger partial charge in [0.25, 0.3) is 11.9 Å². The van der Waals surface area contributed by atoms with Crippen molar-refractivity contribution in [2.75, 3.05) is 19.6 Å². The molecule has 6 heteroatoms. The summed E-state index contributed by atoms with van der Waals surface area (Å²) in [5.74, 6) is -0.176. The van der Waals surface area contributed by atoms with Crippen LogP contribution in [-0.4, -0.2) is 42.1 Å². The maximum atomic E-state index is 13.0. The van der Waals surface area contributed by atoms with Crippen molar-refractivity contribution in [2.24, 2.45) is 4.99 Å². The number of amides is 1. The van der Waals surface area contributed by atoms with Gasteiger partial charge >= 0.3 is 0 Å². The summed E-state index contributed by atoms with van der Waals surface area (Å²) >= 11 is 0. The van der Waals surface area contributed by atoms with E-state index in [9.17, 15) is 4.79 Å². The van der Waals surface area contributed by atoms with Gasteiger partial charge in [-0.05, 0) is 35.1 Å². The van der Waals surface area contributed by atoms with Crippen molar-refractivity contribution in [1.29, 1.82) is 0 Å². The number of ether oxygens (including phenoxy) is 2. The van der Waals surface area contributed by atoms with Crippen LogP contribution >= 0.6 is 0 Å². The first kappa shape index (κ1) is 18.1. The average molecular weight is 403 g/mol. The Bertz CT molecular complexity index is 1040. The van der Waals surface area contributed by atoms with E-state index in [-0.39, 0.29) is 11.5 Å². The number of nitrogens with zero attached hydrogens (tertiary/aromatic N) is 2. The summed E-state index contributed by atoms with van der Waals surface area (Å²) in [6.45, 7) is 3.43. The van der Waals surface area contributed by atoms with Gasteiger partial charge in [0, 0.05) is 32.6 Å². The van der Waals surface area contributed by atoms with E-state index in [2.05, 4.69) is 51.6 Å². The summed E-state index contributed by atoms with van der Waals surface area (Å²) in [6.07, 6.45) is 2.29. The van der Waals surface area contributed by atoms with E-state index in [1.165, 1.54) is 16.7 Å². The first-order valence-corrected chi connectivity index (χ1v) is 10.7. The summed E-state index contributed by atoms with van der Waals surface area (Å²) in [4.78, 5) is 19.5. The van der Waals surface area contributed by atoms with Crippen LogP contribution in [0.4, 0.5) is 0 Å². The molecular formula is C24H25N3O3.